The van der Waals surface area contributed by atoms with E-state index < -0.39 is 0 Å². The van der Waals surface area contributed by atoms with Crippen LogP contribution in [0.3, 0.4) is 0 Å². The highest BCUT2D eigenvalue weighted by Crippen LogP contribution is 2.38. The van der Waals surface area contributed by atoms with Gasteiger partial charge in [0.2, 0.25) is 0 Å². The number of aromatic amines is 1. The molecule has 0 fully saturated rings. The molecule has 0 unspecified atom stereocenters. The Morgan fingerprint density at radius 2 is 1.87 bits per heavy atom. The Morgan fingerprint density at radius 1 is 1.03 bits per heavy atom. The molecular weight excluding hydrogens is 394 g/mol. The van der Waals surface area contributed by atoms with Gasteiger partial charge in [-0.25, -0.2) is 4.98 Å². The molecule has 0 aliphatic rings. The Labute approximate surface area is 180 Å². The molecule has 0 bridgehead atoms. The topological polar surface area (TPSA) is 85.5 Å². The van der Waals surface area contributed by atoms with Gasteiger partial charge in [0.1, 0.15) is 17.2 Å². The molecular formula is C24H25N3O4. The van der Waals surface area contributed by atoms with Crippen LogP contribution in [-0.4, -0.2) is 50.4 Å². The number of amides is 1. The van der Waals surface area contributed by atoms with Crippen molar-refractivity contribution >= 4 is 27.7 Å². The fourth-order valence-electron chi connectivity index (χ4n) is 3.66. The smallest absolute Gasteiger partial charge is 0.269 e. The first-order valence-electron chi connectivity index (χ1n) is 10.1. The van der Waals surface area contributed by atoms with Crippen molar-refractivity contribution in [3.63, 3.8) is 0 Å². The quantitative estimate of drug-likeness (QED) is 0.419. The fourth-order valence-corrected chi connectivity index (χ4v) is 3.66. The second-order valence-electron chi connectivity index (χ2n) is 7.12. The van der Waals surface area contributed by atoms with Gasteiger partial charge < -0.3 is 24.5 Å². The lowest BCUT2D eigenvalue weighted by Gasteiger charge is -2.12. The van der Waals surface area contributed by atoms with Crippen molar-refractivity contribution in [3.8, 4) is 22.8 Å². The number of para-hydroxylation sites is 1. The molecule has 4 aromatic rings. The van der Waals surface area contributed by atoms with Gasteiger partial charge in [0.15, 0.2) is 0 Å². The third-order valence-corrected chi connectivity index (χ3v) is 5.20. The number of hydrogen-bond acceptors (Lipinski definition) is 5. The van der Waals surface area contributed by atoms with Crippen LogP contribution in [-0.2, 0) is 4.74 Å². The number of hydrogen-bond donors (Lipinski definition) is 2. The van der Waals surface area contributed by atoms with Crippen LogP contribution in [0.15, 0.2) is 48.5 Å². The van der Waals surface area contributed by atoms with Crippen molar-refractivity contribution < 1.29 is 19.0 Å². The van der Waals surface area contributed by atoms with Gasteiger partial charge in [-0.2, -0.15) is 0 Å². The molecule has 1 amide bonds. The summed E-state index contributed by atoms with van der Waals surface area (Å²) in [6, 6.07) is 15.4. The maximum absolute atomic E-state index is 12.9. The summed E-state index contributed by atoms with van der Waals surface area (Å²) in [5, 5.41) is 4.88. The highest BCUT2D eigenvalue weighted by atomic mass is 16.5. The zero-order valence-corrected chi connectivity index (χ0v) is 17.8. The molecule has 0 aliphatic carbocycles. The van der Waals surface area contributed by atoms with Crippen molar-refractivity contribution in [3.05, 3.63) is 54.2 Å². The second-order valence-corrected chi connectivity index (χ2v) is 7.12. The summed E-state index contributed by atoms with van der Waals surface area (Å²) in [7, 11) is 4.85. The van der Waals surface area contributed by atoms with E-state index in [0.29, 0.717) is 36.0 Å². The summed E-state index contributed by atoms with van der Waals surface area (Å²) >= 11 is 0. The number of H-pyrrole nitrogens is 1. The van der Waals surface area contributed by atoms with Crippen molar-refractivity contribution in [1.29, 1.82) is 0 Å². The number of rotatable bonds is 8. The van der Waals surface area contributed by atoms with Crippen LogP contribution in [0.1, 0.15) is 16.9 Å². The number of benzene rings is 2. The van der Waals surface area contributed by atoms with Crippen molar-refractivity contribution in [1.82, 2.24) is 15.3 Å². The van der Waals surface area contributed by atoms with E-state index in [4.69, 9.17) is 19.2 Å². The zero-order chi connectivity index (χ0) is 21.8. The van der Waals surface area contributed by atoms with Gasteiger partial charge in [-0.15, -0.1) is 0 Å². The van der Waals surface area contributed by atoms with Crippen LogP contribution in [0.4, 0.5) is 0 Å². The largest absolute Gasteiger partial charge is 0.497 e. The number of ether oxygens (including phenoxy) is 3. The Morgan fingerprint density at radius 3 is 2.65 bits per heavy atom. The van der Waals surface area contributed by atoms with Gasteiger partial charge in [-0.1, -0.05) is 18.2 Å². The molecule has 7 nitrogen and oxygen atoms in total. The van der Waals surface area contributed by atoms with Crippen LogP contribution >= 0.6 is 0 Å². The first-order valence-corrected chi connectivity index (χ1v) is 10.1. The lowest BCUT2D eigenvalue weighted by molar-refractivity contribution is 0.0944. The van der Waals surface area contributed by atoms with E-state index in [1.54, 1.807) is 21.3 Å². The lowest BCUT2D eigenvalue weighted by Crippen LogP contribution is -2.26. The van der Waals surface area contributed by atoms with E-state index in [0.717, 1.165) is 33.8 Å². The fraction of sp³-hybridized carbons (Fsp3) is 0.250. The molecule has 2 N–H and O–H groups in total. The van der Waals surface area contributed by atoms with Crippen LogP contribution in [0.5, 0.6) is 11.5 Å². The van der Waals surface area contributed by atoms with Gasteiger partial charge in [0.05, 0.1) is 25.4 Å². The van der Waals surface area contributed by atoms with Crippen molar-refractivity contribution in [2.45, 2.75) is 6.42 Å². The number of nitrogens with zero attached hydrogens (tertiary/aromatic N) is 1. The highest BCUT2D eigenvalue weighted by Gasteiger charge is 2.19. The molecule has 0 spiro atoms. The summed E-state index contributed by atoms with van der Waals surface area (Å²) < 4.78 is 16.0. The van der Waals surface area contributed by atoms with Gasteiger partial charge in [0.25, 0.3) is 5.91 Å². The molecule has 0 aliphatic heterocycles. The van der Waals surface area contributed by atoms with Gasteiger partial charge >= 0.3 is 0 Å². The number of fused-ring (bicyclic) bond motifs is 3. The molecule has 160 valence electrons. The van der Waals surface area contributed by atoms with Crippen LogP contribution in [0.25, 0.3) is 33.1 Å². The first kappa shape index (κ1) is 20.7. The summed E-state index contributed by atoms with van der Waals surface area (Å²) in [4.78, 5) is 21.1. The summed E-state index contributed by atoms with van der Waals surface area (Å²) in [6.07, 6.45) is 0.733. The molecule has 2 heterocycles. The number of aromatic nitrogens is 2. The van der Waals surface area contributed by atoms with E-state index in [-0.39, 0.29) is 5.91 Å². The Bertz CT molecular complexity index is 1230. The van der Waals surface area contributed by atoms with Gasteiger partial charge in [-0.05, 0) is 30.7 Å². The first-order chi connectivity index (χ1) is 15.2. The molecule has 31 heavy (non-hydrogen) atoms. The van der Waals surface area contributed by atoms with E-state index in [9.17, 15) is 4.79 Å². The summed E-state index contributed by atoms with van der Waals surface area (Å²) in [6.45, 7) is 1.10. The minimum absolute atomic E-state index is 0.225. The molecule has 4 rings (SSSR count). The van der Waals surface area contributed by atoms with E-state index >= 15 is 0 Å². The average Bonchev–Trinajstić information content (AvgIpc) is 3.19. The normalized spacial score (nSPS) is 11.1. The van der Waals surface area contributed by atoms with Gasteiger partial charge in [0, 0.05) is 48.2 Å². The van der Waals surface area contributed by atoms with Crippen LogP contribution < -0.4 is 14.8 Å². The summed E-state index contributed by atoms with van der Waals surface area (Å²) in [5.41, 5.74) is 3.60. The Kier molecular flexibility index (Phi) is 6.04. The van der Waals surface area contributed by atoms with Crippen LogP contribution in [0, 0.1) is 0 Å². The standard InChI is InChI=1S/C24H25N3O4/c1-29-12-6-11-25-24(28)20-14-18-16-7-4-5-8-19(16)26-23(18)22(27-20)17-10-9-15(30-2)13-21(17)31-3/h4-5,7-10,13-14,26H,6,11-12H2,1-3H3,(H,25,28). The Hall–Kier alpha value is -3.58. The minimum Gasteiger partial charge on any atom is -0.497 e. The maximum Gasteiger partial charge on any atom is 0.269 e. The monoisotopic (exact) mass is 419 g/mol. The zero-order valence-electron chi connectivity index (χ0n) is 17.8. The molecule has 0 saturated heterocycles. The second kappa shape index (κ2) is 9.06. The molecule has 0 radical (unpaired) electrons. The predicted molar refractivity (Wildman–Crippen MR) is 121 cm³/mol. The predicted octanol–water partition coefficient (Wildman–Crippen LogP) is 4.17. The number of carbonyl (C=O) groups excluding carboxylic acids is 1. The SMILES string of the molecule is COCCCNC(=O)c1cc2c([nH]c3ccccc32)c(-c2ccc(OC)cc2OC)n1. The average molecular weight is 419 g/mol. The number of methoxy groups -OCH3 is 3. The molecule has 0 atom stereocenters. The van der Waals surface area contributed by atoms with E-state index in [1.165, 1.54) is 0 Å². The lowest BCUT2D eigenvalue weighted by atomic mass is 10.0. The van der Waals surface area contributed by atoms with Crippen LogP contribution in [0.2, 0.25) is 0 Å². The number of pyridine rings is 1. The minimum atomic E-state index is -0.225. The van der Waals surface area contributed by atoms with Crippen molar-refractivity contribution in [2.75, 3.05) is 34.5 Å². The maximum atomic E-state index is 12.9. The van der Waals surface area contributed by atoms with Gasteiger partial charge in [-0.3, -0.25) is 4.79 Å². The summed E-state index contributed by atoms with van der Waals surface area (Å²) in [5.74, 6) is 1.07. The molecule has 2 aromatic carbocycles. The Balaban J connectivity index is 1.88. The molecule has 7 heteroatoms. The highest BCUT2D eigenvalue weighted by molar-refractivity contribution is 6.13. The van der Waals surface area contributed by atoms with E-state index in [2.05, 4.69) is 10.3 Å². The van der Waals surface area contributed by atoms with Crippen molar-refractivity contribution in [2.24, 2.45) is 0 Å². The van der Waals surface area contributed by atoms with E-state index in [1.807, 2.05) is 48.5 Å². The number of carbonyl (C=O) groups is 1. The molecule has 0 saturated carbocycles. The number of nitrogens with one attached hydrogen (secondary N) is 2. The molecule has 2 aromatic heterocycles. The third-order valence-electron chi connectivity index (χ3n) is 5.20. The third kappa shape index (κ3) is 4.04.